The Bertz CT molecular complexity index is 164. The molecule has 0 saturated heterocycles. The van der Waals surface area contributed by atoms with E-state index in [4.69, 9.17) is 5.11 Å². The number of carbonyl (C=O) groups is 2. The molecule has 0 heterocycles. The minimum absolute atomic E-state index is 0. The van der Waals surface area contributed by atoms with Gasteiger partial charge in [0.2, 0.25) is 5.91 Å². The topological polar surface area (TPSA) is 101 Å². The third-order valence-electron chi connectivity index (χ3n) is 0.858. The average Bonchev–Trinajstić information content (AvgIpc) is 1.81. The van der Waals surface area contributed by atoms with Crippen molar-refractivity contribution in [2.24, 2.45) is 0 Å². The van der Waals surface area contributed by atoms with Gasteiger partial charge in [-0.25, -0.2) is 4.79 Å². The molecule has 0 aliphatic carbocycles. The number of hydrogen-bond acceptors (Lipinski definition) is 4. The summed E-state index contributed by atoms with van der Waals surface area (Å²) in [7, 11) is 0. The zero-order valence-corrected chi connectivity index (χ0v) is 10.0. The molecule has 12 heavy (non-hydrogen) atoms. The molecular formula is C5H14CaN2O3S. The van der Waals surface area contributed by atoms with Crippen molar-refractivity contribution in [1.29, 1.82) is 0 Å². The number of carboxylic acid groups (broad SMARTS) is 1. The SMILES string of the molecule is CC(=O)NC(CS)C(=O)O.N.[Ca+2].[H-].[H-]. The number of amides is 1. The quantitative estimate of drug-likeness (QED) is 0.382. The molecule has 5 nitrogen and oxygen atoms in total. The summed E-state index contributed by atoms with van der Waals surface area (Å²) < 4.78 is 0. The Balaban J connectivity index is -0.0000000675. The van der Waals surface area contributed by atoms with E-state index >= 15 is 0 Å². The Morgan fingerprint density at radius 3 is 2.17 bits per heavy atom. The first-order chi connectivity index (χ1) is 4.57. The standard InChI is InChI=1S/C5H9NO3S.Ca.H3N.2H/c1-3(7)6-4(2-10)5(8)9;;;;/h4,10H,2H2,1H3,(H,6,7)(H,8,9);;1H3;;/q;+2;;2*-1. The van der Waals surface area contributed by atoms with Gasteiger partial charge in [0.25, 0.3) is 0 Å². The molecule has 70 valence electrons. The molecule has 0 aliphatic heterocycles. The molecule has 0 radical (unpaired) electrons. The number of aliphatic carboxylic acids is 1. The molecule has 0 aliphatic rings. The van der Waals surface area contributed by atoms with E-state index in [0.29, 0.717) is 0 Å². The van der Waals surface area contributed by atoms with Gasteiger partial charge in [0.15, 0.2) is 0 Å². The molecule has 0 aromatic heterocycles. The second kappa shape index (κ2) is 9.60. The Morgan fingerprint density at radius 2 is 2.08 bits per heavy atom. The van der Waals surface area contributed by atoms with Gasteiger partial charge in [-0.3, -0.25) is 4.79 Å². The first kappa shape index (κ1) is 18.3. The molecule has 0 fully saturated rings. The first-order valence-electron chi connectivity index (χ1n) is 2.68. The van der Waals surface area contributed by atoms with Crippen LogP contribution in [0.1, 0.15) is 9.78 Å². The van der Waals surface area contributed by atoms with Crippen LogP contribution in [0.25, 0.3) is 0 Å². The molecule has 1 atom stereocenters. The summed E-state index contributed by atoms with van der Waals surface area (Å²) in [4.78, 5) is 20.5. The van der Waals surface area contributed by atoms with Crippen LogP contribution in [0.15, 0.2) is 0 Å². The van der Waals surface area contributed by atoms with Gasteiger partial charge >= 0.3 is 43.7 Å². The maximum absolute atomic E-state index is 10.3. The summed E-state index contributed by atoms with van der Waals surface area (Å²) in [6.45, 7) is 1.26. The third-order valence-corrected chi connectivity index (χ3v) is 1.22. The Labute approximate surface area is 109 Å². The smallest absolute Gasteiger partial charge is 1.00 e. The average molecular weight is 222 g/mol. The van der Waals surface area contributed by atoms with Crippen LogP contribution in [-0.2, 0) is 9.59 Å². The normalized spacial score (nSPS) is 10.2. The van der Waals surface area contributed by atoms with Gasteiger partial charge in [0.05, 0.1) is 0 Å². The largest absolute Gasteiger partial charge is 2.00 e. The van der Waals surface area contributed by atoms with Crippen LogP contribution in [-0.4, -0.2) is 66.5 Å². The molecule has 0 saturated carbocycles. The summed E-state index contributed by atoms with van der Waals surface area (Å²) in [5.41, 5.74) is 0. The van der Waals surface area contributed by atoms with Crippen molar-refractivity contribution in [3.63, 3.8) is 0 Å². The number of carbonyl (C=O) groups excluding carboxylic acids is 1. The monoisotopic (exact) mass is 222 g/mol. The summed E-state index contributed by atoms with van der Waals surface area (Å²) in [6, 6.07) is -0.874. The maximum Gasteiger partial charge on any atom is 2.00 e. The van der Waals surface area contributed by atoms with E-state index in [1.54, 1.807) is 0 Å². The Hall–Kier alpha value is 0.510. The number of nitrogens with one attached hydrogen (secondary N) is 1. The van der Waals surface area contributed by atoms with Crippen LogP contribution in [0.3, 0.4) is 0 Å². The molecule has 1 unspecified atom stereocenters. The van der Waals surface area contributed by atoms with E-state index in [1.807, 2.05) is 0 Å². The van der Waals surface area contributed by atoms with Crippen molar-refractivity contribution in [3.05, 3.63) is 0 Å². The molecule has 0 rings (SSSR count). The molecule has 7 heteroatoms. The second-order valence-electron chi connectivity index (χ2n) is 1.77. The maximum atomic E-state index is 10.3. The van der Waals surface area contributed by atoms with Crippen LogP contribution in [0.2, 0.25) is 0 Å². The van der Waals surface area contributed by atoms with Gasteiger partial charge in [-0.15, -0.1) is 0 Å². The minimum Gasteiger partial charge on any atom is -1.00 e. The van der Waals surface area contributed by atoms with Gasteiger partial charge < -0.3 is 19.4 Å². The number of hydrogen-bond donors (Lipinski definition) is 4. The van der Waals surface area contributed by atoms with Crippen molar-refractivity contribution in [2.45, 2.75) is 13.0 Å². The van der Waals surface area contributed by atoms with Crippen LogP contribution in [0, 0.1) is 0 Å². The van der Waals surface area contributed by atoms with Crippen LogP contribution in [0.4, 0.5) is 0 Å². The molecule has 0 aromatic rings. The zero-order chi connectivity index (χ0) is 8.15. The molecule has 0 spiro atoms. The predicted molar refractivity (Wildman–Crippen MR) is 52.1 cm³/mol. The fourth-order valence-corrected chi connectivity index (χ4v) is 0.678. The van der Waals surface area contributed by atoms with Gasteiger partial charge in [-0.1, -0.05) is 0 Å². The number of thiol groups is 1. The van der Waals surface area contributed by atoms with E-state index in [2.05, 4.69) is 17.9 Å². The van der Waals surface area contributed by atoms with Crippen molar-refractivity contribution < 1.29 is 17.5 Å². The van der Waals surface area contributed by atoms with Crippen molar-refractivity contribution >= 4 is 62.2 Å². The minimum atomic E-state index is -1.06. The van der Waals surface area contributed by atoms with Crippen molar-refractivity contribution in [3.8, 4) is 0 Å². The van der Waals surface area contributed by atoms with Crippen LogP contribution >= 0.6 is 12.6 Å². The van der Waals surface area contributed by atoms with E-state index in [1.165, 1.54) is 6.92 Å². The Kier molecular flexibility index (Phi) is 14.7. The summed E-state index contributed by atoms with van der Waals surface area (Å²) in [6.07, 6.45) is 0. The van der Waals surface area contributed by atoms with E-state index in [9.17, 15) is 9.59 Å². The molecular weight excluding hydrogens is 208 g/mol. The van der Waals surface area contributed by atoms with Crippen LogP contribution < -0.4 is 11.5 Å². The molecule has 5 N–H and O–H groups in total. The Morgan fingerprint density at radius 1 is 1.67 bits per heavy atom. The molecule has 0 aromatic carbocycles. The van der Waals surface area contributed by atoms with Gasteiger partial charge in [0.1, 0.15) is 6.04 Å². The fraction of sp³-hybridized carbons (Fsp3) is 0.600. The summed E-state index contributed by atoms with van der Waals surface area (Å²) in [5.74, 6) is -1.32. The van der Waals surface area contributed by atoms with Crippen molar-refractivity contribution in [2.75, 3.05) is 5.75 Å². The summed E-state index contributed by atoms with van der Waals surface area (Å²) >= 11 is 3.73. The fourth-order valence-electron chi connectivity index (χ4n) is 0.431. The first-order valence-corrected chi connectivity index (χ1v) is 3.32. The zero-order valence-electron chi connectivity index (χ0n) is 8.91. The number of rotatable bonds is 3. The predicted octanol–water partition coefficient (Wildman–Crippen LogP) is -0.488. The molecule has 1 amide bonds. The summed E-state index contributed by atoms with van der Waals surface area (Å²) in [5, 5.41) is 10.6. The van der Waals surface area contributed by atoms with E-state index in [-0.39, 0.29) is 58.4 Å². The number of carboxylic acids is 1. The van der Waals surface area contributed by atoms with Gasteiger partial charge in [0, 0.05) is 12.7 Å². The van der Waals surface area contributed by atoms with Gasteiger partial charge in [-0.2, -0.15) is 12.6 Å². The van der Waals surface area contributed by atoms with Gasteiger partial charge in [-0.05, 0) is 0 Å². The van der Waals surface area contributed by atoms with Crippen LogP contribution in [0.5, 0.6) is 0 Å². The third kappa shape index (κ3) is 8.60. The molecule has 0 bridgehead atoms. The second-order valence-corrected chi connectivity index (χ2v) is 2.14. The van der Waals surface area contributed by atoms with E-state index in [0.717, 1.165) is 0 Å². The van der Waals surface area contributed by atoms with E-state index < -0.39 is 12.0 Å². The van der Waals surface area contributed by atoms with Crippen molar-refractivity contribution in [1.82, 2.24) is 11.5 Å².